The van der Waals surface area contributed by atoms with E-state index in [1.807, 2.05) is 45.0 Å². The summed E-state index contributed by atoms with van der Waals surface area (Å²) >= 11 is 0. The average molecular weight is 388 g/mol. The van der Waals surface area contributed by atoms with Crippen LogP contribution in [0.1, 0.15) is 65.7 Å². The molecule has 2 N–H and O–H groups in total. The summed E-state index contributed by atoms with van der Waals surface area (Å²) in [6.45, 7) is 6.05. The molecule has 1 aliphatic heterocycles. The Labute approximate surface area is 168 Å². The molecule has 1 saturated carbocycles. The van der Waals surface area contributed by atoms with E-state index in [9.17, 15) is 9.59 Å². The monoisotopic (exact) mass is 387 g/mol. The molecule has 2 fully saturated rings. The second-order valence-electron chi connectivity index (χ2n) is 8.88. The van der Waals surface area contributed by atoms with Gasteiger partial charge in [0.15, 0.2) is 0 Å². The second kappa shape index (κ2) is 8.84. The van der Waals surface area contributed by atoms with Gasteiger partial charge in [-0.05, 0) is 70.7 Å². The first-order chi connectivity index (χ1) is 13.3. The van der Waals surface area contributed by atoms with Crippen LogP contribution in [-0.4, -0.2) is 41.1 Å². The molecule has 0 aromatic heterocycles. The van der Waals surface area contributed by atoms with Gasteiger partial charge in [0.1, 0.15) is 11.6 Å². The third-order valence-electron chi connectivity index (χ3n) is 5.31. The summed E-state index contributed by atoms with van der Waals surface area (Å²) < 4.78 is 5.44. The second-order valence-corrected chi connectivity index (χ2v) is 8.88. The number of benzene rings is 1. The van der Waals surface area contributed by atoms with E-state index in [0.29, 0.717) is 19.0 Å². The first-order valence-corrected chi connectivity index (χ1v) is 10.5. The van der Waals surface area contributed by atoms with Gasteiger partial charge in [0.05, 0.1) is 0 Å². The van der Waals surface area contributed by atoms with Crippen LogP contribution in [0, 0.1) is 0 Å². The summed E-state index contributed by atoms with van der Waals surface area (Å²) in [4.78, 5) is 26.6. The lowest BCUT2D eigenvalue weighted by Gasteiger charge is -2.28. The number of nitrogens with zero attached hydrogens (tertiary/aromatic N) is 1. The number of likely N-dealkylation sites (tertiary alicyclic amines) is 1. The molecule has 0 radical (unpaired) electrons. The molecule has 1 aromatic carbocycles. The van der Waals surface area contributed by atoms with Gasteiger partial charge in [0.25, 0.3) is 0 Å². The Balaban J connectivity index is 1.55. The van der Waals surface area contributed by atoms with Crippen molar-refractivity contribution in [3.63, 3.8) is 0 Å². The van der Waals surface area contributed by atoms with Gasteiger partial charge in [-0.1, -0.05) is 19.3 Å². The summed E-state index contributed by atoms with van der Waals surface area (Å²) in [5.41, 5.74) is 1.26. The Kier molecular flexibility index (Phi) is 6.47. The van der Waals surface area contributed by atoms with Crippen molar-refractivity contribution in [1.29, 1.82) is 0 Å². The lowest BCUT2D eigenvalue weighted by molar-refractivity contribution is -0.120. The average Bonchev–Trinajstić information content (AvgIpc) is 3.13. The van der Waals surface area contributed by atoms with Gasteiger partial charge in [0, 0.05) is 24.0 Å². The molecule has 2 aliphatic rings. The maximum absolute atomic E-state index is 12.7. The van der Waals surface area contributed by atoms with Crippen LogP contribution < -0.4 is 10.6 Å². The lowest BCUT2D eigenvalue weighted by atomic mass is 9.95. The van der Waals surface area contributed by atoms with E-state index < -0.39 is 17.7 Å². The summed E-state index contributed by atoms with van der Waals surface area (Å²) in [6.07, 6.45) is 7.42. The summed E-state index contributed by atoms with van der Waals surface area (Å²) in [5, 5.41) is 6.52. The Morgan fingerprint density at radius 3 is 2.25 bits per heavy atom. The molecule has 1 heterocycles. The Bertz CT molecular complexity index is 675. The largest absolute Gasteiger partial charge is 0.444 e. The lowest BCUT2D eigenvalue weighted by Crippen LogP contribution is -2.45. The first-order valence-electron chi connectivity index (χ1n) is 10.5. The van der Waals surface area contributed by atoms with Crippen molar-refractivity contribution in [2.24, 2.45) is 0 Å². The van der Waals surface area contributed by atoms with E-state index in [4.69, 9.17) is 4.74 Å². The number of carbonyl (C=O) groups excluding carboxylic acids is 2. The van der Waals surface area contributed by atoms with E-state index in [0.717, 1.165) is 17.8 Å². The molecule has 0 bridgehead atoms. The van der Waals surface area contributed by atoms with Crippen molar-refractivity contribution in [2.45, 2.75) is 83.4 Å². The van der Waals surface area contributed by atoms with Crippen molar-refractivity contribution in [1.82, 2.24) is 4.90 Å². The fourth-order valence-electron chi connectivity index (χ4n) is 3.94. The van der Waals surface area contributed by atoms with Gasteiger partial charge in [-0.25, -0.2) is 4.79 Å². The highest BCUT2D eigenvalue weighted by molar-refractivity contribution is 5.97. The van der Waals surface area contributed by atoms with E-state index in [1.165, 1.54) is 32.1 Å². The fourth-order valence-corrected chi connectivity index (χ4v) is 3.94. The Morgan fingerprint density at radius 2 is 1.61 bits per heavy atom. The maximum atomic E-state index is 12.7. The molecular weight excluding hydrogens is 354 g/mol. The van der Waals surface area contributed by atoms with Gasteiger partial charge in [0.2, 0.25) is 5.91 Å². The topological polar surface area (TPSA) is 70.7 Å². The molecule has 154 valence electrons. The molecule has 0 spiro atoms. The van der Waals surface area contributed by atoms with Gasteiger partial charge < -0.3 is 15.4 Å². The summed E-state index contributed by atoms with van der Waals surface area (Å²) in [5.74, 6) is -0.156. The quantitative estimate of drug-likeness (QED) is 0.781. The zero-order valence-electron chi connectivity index (χ0n) is 17.3. The van der Waals surface area contributed by atoms with Crippen LogP contribution in [0.5, 0.6) is 0 Å². The molecule has 3 rings (SSSR count). The summed E-state index contributed by atoms with van der Waals surface area (Å²) in [6, 6.07) is 7.91. The minimum Gasteiger partial charge on any atom is -0.444 e. The van der Waals surface area contributed by atoms with Crippen LogP contribution in [0.15, 0.2) is 24.3 Å². The van der Waals surface area contributed by atoms with Crippen LogP contribution in [0.25, 0.3) is 0 Å². The number of hydrogen-bond donors (Lipinski definition) is 2. The van der Waals surface area contributed by atoms with Crippen molar-refractivity contribution in [2.75, 3.05) is 17.2 Å². The van der Waals surface area contributed by atoms with Gasteiger partial charge in [-0.3, -0.25) is 9.69 Å². The molecular formula is C22H33N3O3. The molecule has 1 aliphatic carbocycles. The van der Waals surface area contributed by atoms with Crippen molar-refractivity contribution in [3.8, 4) is 0 Å². The highest BCUT2D eigenvalue weighted by atomic mass is 16.6. The zero-order chi connectivity index (χ0) is 20.1. The van der Waals surface area contributed by atoms with Crippen molar-refractivity contribution >= 4 is 23.4 Å². The third kappa shape index (κ3) is 5.63. The van der Waals surface area contributed by atoms with Crippen molar-refractivity contribution < 1.29 is 14.3 Å². The number of rotatable bonds is 4. The standard InChI is InChI=1S/C22H33N3O3/c1-22(2,3)28-21(27)25-15-7-10-19(25)20(26)24-18-13-11-17(12-14-18)23-16-8-5-4-6-9-16/h11-14,16,19,23H,4-10,15H2,1-3H3,(H,24,26)/t19-/m0/s1. The van der Waals surface area contributed by atoms with Crippen LogP contribution in [-0.2, 0) is 9.53 Å². The normalized spacial score (nSPS) is 20.7. The number of carbonyl (C=O) groups is 2. The molecule has 1 saturated heterocycles. The summed E-state index contributed by atoms with van der Waals surface area (Å²) in [7, 11) is 0. The van der Waals surface area contributed by atoms with E-state index in [2.05, 4.69) is 10.6 Å². The smallest absolute Gasteiger partial charge is 0.410 e. The molecule has 1 atom stereocenters. The molecule has 2 amide bonds. The third-order valence-corrected chi connectivity index (χ3v) is 5.31. The molecule has 6 heteroatoms. The number of amides is 2. The van der Waals surface area contributed by atoms with E-state index in [-0.39, 0.29) is 5.91 Å². The molecule has 28 heavy (non-hydrogen) atoms. The zero-order valence-corrected chi connectivity index (χ0v) is 17.3. The Morgan fingerprint density at radius 1 is 0.964 bits per heavy atom. The van der Waals surface area contributed by atoms with Crippen LogP contribution in [0.3, 0.4) is 0 Å². The van der Waals surface area contributed by atoms with Gasteiger partial charge >= 0.3 is 6.09 Å². The predicted molar refractivity (Wildman–Crippen MR) is 112 cm³/mol. The number of nitrogens with one attached hydrogen (secondary N) is 2. The van der Waals surface area contributed by atoms with Crippen LogP contribution in [0.4, 0.5) is 16.2 Å². The predicted octanol–water partition coefficient (Wildman–Crippen LogP) is 4.77. The van der Waals surface area contributed by atoms with E-state index >= 15 is 0 Å². The number of hydrogen-bond acceptors (Lipinski definition) is 4. The number of anilines is 2. The van der Waals surface area contributed by atoms with Gasteiger partial charge in [-0.2, -0.15) is 0 Å². The highest BCUT2D eigenvalue weighted by Crippen LogP contribution is 2.24. The SMILES string of the molecule is CC(C)(C)OC(=O)N1CCC[C@H]1C(=O)Nc1ccc(NC2CCCCC2)cc1. The molecule has 0 unspecified atom stereocenters. The van der Waals surface area contributed by atoms with Crippen LogP contribution >= 0.6 is 0 Å². The minimum absolute atomic E-state index is 0.156. The van der Waals surface area contributed by atoms with Crippen molar-refractivity contribution in [3.05, 3.63) is 24.3 Å². The number of ether oxygens (including phenoxy) is 1. The highest BCUT2D eigenvalue weighted by Gasteiger charge is 2.36. The van der Waals surface area contributed by atoms with Crippen LogP contribution in [0.2, 0.25) is 0 Å². The first kappa shape index (κ1) is 20.5. The van der Waals surface area contributed by atoms with Gasteiger partial charge in [-0.15, -0.1) is 0 Å². The molecule has 1 aromatic rings. The molecule has 6 nitrogen and oxygen atoms in total. The fraction of sp³-hybridized carbons (Fsp3) is 0.636. The van der Waals surface area contributed by atoms with E-state index in [1.54, 1.807) is 4.90 Å². The minimum atomic E-state index is -0.568. The maximum Gasteiger partial charge on any atom is 0.410 e. The Hall–Kier alpha value is -2.24.